The number of benzene rings is 2. The Morgan fingerprint density at radius 1 is 1.14 bits per heavy atom. The number of nitrogens with zero attached hydrogens (tertiary/aromatic N) is 1. The summed E-state index contributed by atoms with van der Waals surface area (Å²) in [6, 6.07) is 12.7. The second-order valence-electron chi connectivity index (χ2n) is 7.53. The minimum atomic E-state index is -0.356. The van der Waals surface area contributed by atoms with Crippen molar-refractivity contribution >= 4 is 29.2 Å². The number of ether oxygens (including phenoxy) is 1. The largest absolute Gasteiger partial charge is 0.465 e. The fraction of sp³-hybridized carbons (Fsp3) is 0.391. The highest BCUT2D eigenvalue weighted by molar-refractivity contribution is 6.31. The molecule has 1 amide bonds. The molecule has 0 aromatic heterocycles. The van der Waals surface area contributed by atoms with Crippen LogP contribution in [-0.2, 0) is 11.2 Å². The summed E-state index contributed by atoms with van der Waals surface area (Å²) in [4.78, 5) is 26.6. The number of esters is 1. The number of anilines is 1. The predicted octanol–water partition coefficient (Wildman–Crippen LogP) is 4.34. The third-order valence-electron chi connectivity index (χ3n) is 5.40. The highest BCUT2D eigenvalue weighted by atomic mass is 35.5. The van der Waals surface area contributed by atoms with E-state index in [1.54, 1.807) is 18.2 Å². The van der Waals surface area contributed by atoms with Crippen molar-refractivity contribution in [1.82, 2.24) is 5.32 Å². The van der Waals surface area contributed by atoms with Gasteiger partial charge >= 0.3 is 5.97 Å². The van der Waals surface area contributed by atoms with Gasteiger partial charge < -0.3 is 15.0 Å². The van der Waals surface area contributed by atoms with Crippen LogP contribution in [-0.4, -0.2) is 38.6 Å². The summed E-state index contributed by atoms with van der Waals surface area (Å²) in [5.74, 6) is 0.249. The molecular formula is C23H27ClN2O3. The summed E-state index contributed by atoms with van der Waals surface area (Å²) in [6.07, 6.45) is 2.93. The Morgan fingerprint density at radius 2 is 1.83 bits per heavy atom. The van der Waals surface area contributed by atoms with Gasteiger partial charge in [-0.15, -0.1) is 0 Å². The molecule has 0 bridgehead atoms. The van der Waals surface area contributed by atoms with Crippen molar-refractivity contribution in [3.8, 4) is 0 Å². The molecule has 5 nitrogen and oxygen atoms in total. The zero-order valence-electron chi connectivity index (χ0n) is 16.9. The zero-order valence-corrected chi connectivity index (χ0v) is 17.7. The molecule has 1 N–H and O–H groups in total. The second kappa shape index (κ2) is 9.79. The topological polar surface area (TPSA) is 58.6 Å². The molecule has 0 radical (unpaired) electrons. The van der Waals surface area contributed by atoms with Crippen LogP contribution in [0.25, 0.3) is 0 Å². The molecule has 1 fully saturated rings. The molecule has 2 aromatic rings. The highest BCUT2D eigenvalue weighted by Gasteiger charge is 2.21. The number of carbonyl (C=O) groups excluding carboxylic acids is 2. The van der Waals surface area contributed by atoms with Crippen LogP contribution in [0.4, 0.5) is 5.69 Å². The molecular weight excluding hydrogens is 388 g/mol. The Hall–Kier alpha value is -2.53. The number of amides is 1. The first kappa shape index (κ1) is 21.2. The second-order valence-corrected chi connectivity index (χ2v) is 7.96. The molecule has 29 heavy (non-hydrogen) atoms. The lowest BCUT2D eigenvalue weighted by molar-refractivity contribution is 0.0600. The minimum Gasteiger partial charge on any atom is -0.465 e. The molecule has 3 rings (SSSR count). The van der Waals surface area contributed by atoms with Gasteiger partial charge in [0.25, 0.3) is 5.91 Å². The number of hydrogen-bond acceptors (Lipinski definition) is 4. The summed E-state index contributed by atoms with van der Waals surface area (Å²) in [6.45, 7) is 4.68. The van der Waals surface area contributed by atoms with Crippen LogP contribution in [0.1, 0.15) is 46.0 Å². The van der Waals surface area contributed by atoms with Crippen LogP contribution in [0.3, 0.4) is 0 Å². The van der Waals surface area contributed by atoms with Gasteiger partial charge in [0, 0.05) is 30.3 Å². The van der Waals surface area contributed by atoms with Crippen LogP contribution in [0, 0.1) is 5.92 Å². The van der Waals surface area contributed by atoms with E-state index < -0.39 is 0 Å². The van der Waals surface area contributed by atoms with Crippen LogP contribution < -0.4 is 10.2 Å². The molecule has 0 spiro atoms. The van der Waals surface area contributed by atoms with Gasteiger partial charge in [0.2, 0.25) is 0 Å². The van der Waals surface area contributed by atoms with Crippen LogP contribution in [0.15, 0.2) is 42.5 Å². The molecule has 0 unspecified atom stereocenters. The van der Waals surface area contributed by atoms with E-state index >= 15 is 0 Å². The van der Waals surface area contributed by atoms with E-state index in [9.17, 15) is 9.59 Å². The smallest absolute Gasteiger partial charge is 0.337 e. The standard InChI is InChI=1S/C23H27ClN2O3/c1-16-10-13-26(14-11-16)21-8-7-19(24)15-20(21)22(27)25-12-9-17-3-5-18(6-4-17)23(28)29-2/h3-8,15-16H,9-14H2,1-2H3,(H,25,27). The molecule has 0 saturated carbocycles. The van der Waals surface area contributed by atoms with Crippen molar-refractivity contribution in [3.05, 3.63) is 64.2 Å². The summed E-state index contributed by atoms with van der Waals surface area (Å²) in [5, 5.41) is 3.55. The Bertz CT molecular complexity index is 859. The molecule has 2 aromatic carbocycles. The SMILES string of the molecule is COC(=O)c1ccc(CCNC(=O)c2cc(Cl)ccc2N2CCC(C)CC2)cc1. The molecule has 6 heteroatoms. The first-order valence-electron chi connectivity index (χ1n) is 9.98. The van der Waals surface area contributed by atoms with E-state index in [1.165, 1.54) is 7.11 Å². The van der Waals surface area contributed by atoms with Gasteiger partial charge in [-0.3, -0.25) is 4.79 Å². The van der Waals surface area contributed by atoms with E-state index in [0.717, 1.165) is 43.1 Å². The first-order valence-corrected chi connectivity index (χ1v) is 10.4. The number of rotatable bonds is 6. The molecule has 0 aliphatic carbocycles. The Morgan fingerprint density at radius 3 is 2.48 bits per heavy atom. The average Bonchev–Trinajstić information content (AvgIpc) is 2.74. The number of hydrogen-bond donors (Lipinski definition) is 1. The van der Waals surface area contributed by atoms with Gasteiger partial charge in [-0.2, -0.15) is 0 Å². The van der Waals surface area contributed by atoms with E-state index in [0.29, 0.717) is 29.1 Å². The molecule has 154 valence electrons. The number of methoxy groups -OCH3 is 1. The van der Waals surface area contributed by atoms with Crippen molar-refractivity contribution in [2.75, 3.05) is 31.6 Å². The van der Waals surface area contributed by atoms with Gasteiger partial charge in [0.1, 0.15) is 0 Å². The Balaban J connectivity index is 1.62. The van der Waals surface area contributed by atoms with Gasteiger partial charge in [0.15, 0.2) is 0 Å². The predicted molar refractivity (Wildman–Crippen MR) is 116 cm³/mol. The number of carbonyl (C=O) groups is 2. The van der Waals surface area contributed by atoms with Gasteiger partial charge in [0.05, 0.1) is 18.2 Å². The summed E-state index contributed by atoms with van der Waals surface area (Å²) >= 11 is 6.17. The third-order valence-corrected chi connectivity index (χ3v) is 5.64. The van der Waals surface area contributed by atoms with E-state index in [4.69, 9.17) is 16.3 Å². The Kier molecular flexibility index (Phi) is 7.15. The quantitative estimate of drug-likeness (QED) is 0.714. The first-order chi connectivity index (χ1) is 14.0. The average molecular weight is 415 g/mol. The number of halogens is 1. The van der Waals surface area contributed by atoms with Crippen molar-refractivity contribution in [2.45, 2.75) is 26.2 Å². The lowest BCUT2D eigenvalue weighted by Crippen LogP contribution is -2.35. The van der Waals surface area contributed by atoms with Crippen molar-refractivity contribution in [1.29, 1.82) is 0 Å². The molecule has 1 heterocycles. The highest BCUT2D eigenvalue weighted by Crippen LogP contribution is 2.28. The van der Waals surface area contributed by atoms with Crippen molar-refractivity contribution < 1.29 is 14.3 Å². The minimum absolute atomic E-state index is 0.118. The maximum Gasteiger partial charge on any atom is 0.337 e. The zero-order chi connectivity index (χ0) is 20.8. The van der Waals surface area contributed by atoms with Crippen LogP contribution >= 0.6 is 11.6 Å². The lowest BCUT2D eigenvalue weighted by atomic mass is 9.98. The van der Waals surface area contributed by atoms with Crippen molar-refractivity contribution in [2.24, 2.45) is 5.92 Å². The summed E-state index contributed by atoms with van der Waals surface area (Å²) < 4.78 is 4.70. The van der Waals surface area contributed by atoms with Crippen molar-refractivity contribution in [3.63, 3.8) is 0 Å². The van der Waals surface area contributed by atoms with Gasteiger partial charge in [-0.25, -0.2) is 4.79 Å². The summed E-state index contributed by atoms with van der Waals surface area (Å²) in [5.41, 5.74) is 3.11. The number of piperidine rings is 1. The molecule has 1 saturated heterocycles. The van der Waals surface area contributed by atoms with Gasteiger partial charge in [-0.1, -0.05) is 30.7 Å². The maximum atomic E-state index is 12.8. The normalized spacial score (nSPS) is 14.5. The van der Waals surface area contributed by atoms with E-state index in [-0.39, 0.29) is 11.9 Å². The van der Waals surface area contributed by atoms with E-state index in [1.807, 2.05) is 24.3 Å². The third kappa shape index (κ3) is 5.51. The lowest BCUT2D eigenvalue weighted by Gasteiger charge is -2.33. The van der Waals surface area contributed by atoms with E-state index in [2.05, 4.69) is 17.1 Å². The molecule has 1 aliphatic heterocycles. The van der Waals surface area contributed by atoms with Gasteiger partial charge in [-0.05, 0) is 61.1 Å². The molecule has 0 atom stereocenters. The molecule has 1 aliphatic rings. The van der Waals surface area contributed by atoms with Crippen LogP contribution in [0.2, 0.25) is 5.02 Å². The maximum absolute atomic E-state index is 12.8. The monoisotopic (exact) mass is 414 g/mol. The Labute approximate surface area is 177 Å². The fourth-order valence-corrected chi connectivity index (χ4v) is 3.73. The number of nitrogens with one attached hydrogen (secondary N) is 1. The summed E-state index contributed by atoms with van der Waals surface area (Å²) in [7, 11) is 1.36. The van der Waals surface area contributed by atoms with Crippen LogP contribution in [0.5, 0.6) is 0 Å². The fourth-order valence-electron chi connectivity index (χ4n) is 3.56.